The van der Waals surface area contributed by atoms with Gasteiger partial charge in [0.15, 0.2) is 5.78 Å². The van der Waals surface area contributed by atoms with Crippen LogP contribution in [0, 0.1) is 5.92 Å². The summed E-state index contributed by atoms with van der Waals surface area (Å²) in [5, 5.41) is 0. The first-order chi connectivity index (χ1) is 15.2. The molecule has 1 aromatic carbocycles. The fourth-order valence-electron chi connectivity index (χ4n) is 4.13. The van der Waals surface area contributed by atoms with Crippen LogP contribution in [0.3, 0.4) is 0 Å². The van der Waals surface area contributed by atoms with Crippen LogP contribution in [-0.2, 0) is 12.5 Å². The van der Waals surface area contributed by atoms with Crippen molar-refractivity contribution in [2.45, 2.75) is 39.0 Å². The highest BCUT2D eigenvalue weighted by molar-refractivity contribution is 5.98. The van der Waals surface area contributed by atoms with E-state index in [1.807, 2.05) is 29.2 Å². The van der Waals surface area contributed by atoms with Gasteiger partial charge in [0.1, 0.15) is 6.33 Å². The lowest BCUT2D eigenvalue weighted by molar-refractivity contribution is 0.0906. The zero-order chi connectivity index (χ0) is 22.9. The Labute approximate surface area is 188 Å². The Bertz CT molecular complexity index is 1160. The summed E-state index contributed by atoms with van der Waals surface area (Å²) in [5.74, 6) is 0.572. The zero-order valence-corrected chi connectivity index (χ0v) is 19.1. The molecule has 32 heavy (non-hydrogen) atoms. The number of Topliss-reactive ketones (excluding diaryl/α,β-unsaturated/α-hetero) is 1. The smallest absolute Gasteiger partial charge is 0.255 e. The van der Waals surface area contributed by atoms with Gasteiger partial charge < -0.3 is 4.90 Å². The van der Waals surface area contributed by atoms with Crippen LogP contribution in [0.5, 0.6) is 0 Å². The predicted molar refractivity (Wildman–Crippen MR) is 125 cm³/mol. The Kier molecular flexibility index (Phi) is 5.91. The van der Waals surface area contributed by atoms with Gasteiger partial charge in [0, 0.05) is 43.9 Å². The molecule has 0 N–H and O–H groups in total. The standard InChI is InChI=1S/C25H29N5O2/c1-25(2,3)19-9-7-17(8-10-19)23(32)18-6-5-13-30(15-18)24-28-21(14-22(31)29(24)4)20-11-12-26-16-27-20/h7-12,14,16,18H,5-6,13,15H2,1-4H3. The molecule has 0 bridgehead atoms. The lowest BCUT2D eigenvalue weighted by atomic mass is 9.85. The Balaban J connectivity index is 1.58. The van der Waals surface area contributed by atoms with Gasteiger partial charge in [0.05, 0.1) is 11.4 Å². The summed E-state index contributed by atoms with van der Waals surface area (Å²) in [4.78, 5) is 40.8. The summed E-state index contributed by atoms with van der Waals surface area (Å²) in [6.45, 7) is 7.77. The van der Waals surface area contributed by atoms with Gasteiger partial charge in [0.25, 0.3) is 5.56 Å². The predicted octanol–water partition coefficient (Wildman–Crippen LogP) is 3.63. The molecule has 0 aliphatic carbocycles. The van der Waals surface area contributed by atoms with Crippen molar-refractivity contribution >= 4 is 11.7 Å². The van der Waals surface area contributed by atoms with Crippen molar-refractivity contribution in [3.63, 3.8) is 0 Å². The van der Waals surface area contributed by atoms with E-state index < -0.39 is 0 Å². The third-order valence-electron chi connectivity index (χ3n) is 6.07. The topological polar surface area (TPSA) is 81.0 Å². The minimum atomic E-state index is -0.158. The summed E-state index contributed by atoms with van der Waals surface area (Å²) in [5.41, 5.74) is 2.95. The van der Waals surface area contributed by atoms with Gasteiger partial charge >= 0.3 is 0 Å². The van der Waals surface area contributed by atoms with Crippen LogP contribution in [0.25, 0.3) is 11.4 Å². The molecule has 0 spiro atoms. The molecule has 1 aliphatic heterocycles. The summed E-state index contributed by atoms with van der Waals surface area (Å²) >= 11 is 0. The fraction of sp³-hybridized carbons (Fsp3) is 0.400. The average Bonchev–Trinajstić information content (AvgIpc) is 2.80. The molecule has 4 rings (SSSR count). The van der Waals surface area contributed by atoms with E-state index in [9.17, 15) is 9.59 Å². The van der Waals surface area contributed by atoms with Crippen molar-refractivity contribution in [2.24, 2.45) is 13.0 Å². The van der Waals surface area contributed by atoms with Crippen molar-refractivity contribution in [3.8, 4) is 11.4 Å². The van der Waals surface area contributed by atoms with Gasteiger partial charge in [-0.3, -0.25) is 14.2 Å². The van der Waals surface area contributed by atoms with E-state index in [1.165, 1.54) is 22.5 Å². The van der Waals surface area contributed by atoms with Gasteiger partial charge in [-0.15, -0.1) is 0 Å². The van der Waals surface area contributed by atoms with Crippen LogP contribution in [0.2, 0.25) is 0 Å². The molecule has 1 aliphatic rings. The molecule has 0 saturated carbocycles. The second-order valence-corrected chi connectivity index (χ2v) is 9.41. The molecular formula is C25H29N5O2. The van der Waals surface area contributed by atoms with Crippen LogP contribution < -0.4 is 10.5 Å². The minimum absolute atomic E-state index is 0.0500. The number of aromatic nitrogens is 4. The van der Waals surface area contributed by atoms with Crippen LogP contribution in [-0.4, -0.2) is 38.4 Å². The maximum absolute atomic E-state index is 13.2. The summed E-state index contributed by atoms with van der Waals surface area (Å²) < 4.78 is 1.54. The molecule has 1 atom stereocenters. The number of ketones is 1. The first-order valence-electron chi connectivity index (χ1n) is 11.0. The maximum atomic E-state index is 13.2. The number of benzene rings is 1. The Morgan fingerprint density at radius 2 is 1.84 bits per heavy atom. The number of anilines is 1. The molecule has 1 fully saturated rings. The number of nitrogens with zero attached hydrogens (tertiary/aromatic N) is 5. The van der Waals surface area contributed by atoms with E-state index in [2.05, 4.69) is 30.7 Å². The van der Waals surface area contributed by atoms with E-state index >= 15 is 0 Å². The quantitative estimate of drug-likeness (QED) is 0.587. The molecule has 3 heterocycles. The summed E-state index contributed by atoms with van der Waals surface area (Å²) in [6, 6.07) is 11.2. The molecule has 7 nitrogen and oxygen atoms in total. The molecule has 0 amide bonds. The van der Waals surface area contributed by atoms with Crippen LogP contribution in [0.4, 0.5) is 5.95 Å². The number of piperidine rings is 1. The average molecular weight is 432 g/mol. The zero-order valence-electron chi connectivity index (χ0n) is 19.1. The van der Waals surface area contributed by atoms with Gasteiger partial charge in [-0.1, -0.05) is 45.0 Å². The van der Waals surface area contributed by atoms with E-state index in [0.717, 1.165) is 24.9 Å². The molecule has 1 saturated heterocycles. The number of hydrogen-bond donors (Lipinski definition) is 0. The van der Waals surface area contributed by atoms with Crippen LogP contribution in [0.1, 0.15) is 49.5 Å². The first-order valence-corrected chi connectivity index (χ1v) is 11.0. The third-order valence-corrected chi connectivity index (χ3v) is 6.07. The van der Waals surface area contributed by atoms with E-state index in [0.29, 0.717) is 23.9 Å². The van der Waals surface area contributed by atoms with E-state index in [-0.39, 0.29) is 22.7 Å². The Morgan fingerprint density at radius 1 is 1.09 bits per heavy atom. The highest BCUT2D eigenvalue weighted by Gasteiger charge is 2.29. The second-order valence-electron chi connectivity index (χ2n) is 9.41. The van der Waals surface area contributed by atoms with Crippen molar-refractivity contribution in [2.75, 3.05) is 18.0 Å². The molecule has 166 valence electrons. The number of rotatable bonds is 4. The second kappa shape index (κ2) is 8.65. The number of carbonyl (C=O) groups excluding carboxylic acids is 1. The molecule has 7 heteroatoms. The van der Waals surface area contributed by atoms with Crippen LogP contribution in [0.15, 0.2) is 53.7 Å². The third kappa shape index (κ3) is 4.47. The first kappa shape index (κ1) is 21.9. The summed E-state index contributed by atoms with van der Waals surface area (Å²) in [6.07, 6.45) is 4.76. The lowest BCUT2D eigenvalue weighted by Gasteiger charge is -2.33. The number of hydrogen-bond acceptors (Lipinski definition) is 6. The van der Waals surface area contributed by atoms with E-state index in [4.69, 9.17) is 4.98 Å². The van der Waals surface area contributed by atoms with Gasteiger partial charge in [0.2, 0.25) is 5.95 Å². The maximum Gasteiger partial charge on any atom is 0.255 e. The molecular weight excluding hydrogens is 402 g/mol. The molecule has 3 aromatic rings. The number of carbonyl (C=O) groups is 1. The largest absolute Gasteiger partial charge is 0.341 e. The lowest BCUT2D eigenvalue weighted by Crippen LogP contribution is -2.42. The van der Waals surface area contributed by atoms with Gasteiger partial charge in [-0.25, -0.2) is 15.0 Å². The fourth-order valence-corrected chi connectivity index (χ4v) is 4.13. The Hall–Kier alpha value is -3.35. The normalized spacial score (nSPS) is 16.8. The SMILES string of the molecule is Cn1c(N2CCCC(C(=O)c3ccc(C(C)(C)C)cc3)C2)nc(-c2ccncn2)cc1=O. The molecule has 1 unspecified atom stereocenters. The monoisotopic (exact) mass is 431 g/mol. The van der Waals surface area contributed by atoms with Crippen molar-refractivity contribution < 1.29 is 4.79 Å². The van der Waals surface area contributed by atoms with Crippen molar-refractivity contribution in [1.29, 1.82) is 0 Å². The molecule has 0 radical (unpaired) electrons. The van der Waals surface area contributed by atoms with Gasteiger partial charge in [-0.2, -0.15) is 0 Å². The highest BCUT2D eigenvalue weighted by Crippen LogP contribution is 2.27. The summed E-state index contributed by atoms with van der Waals surface area (Å²) in [7, 11) is 1.71. The van der Waals surface area contributed by atoms with Gasteiger partial charge in [-0.05, 0) is 29.9 Å². The van der Waals surface area contributed by atoms with Crippen molar-refractivity contribution in [1.82, 2.24) is 19.5 Å². The van der Waals surface area contributed by atoms with Crippen molar-refractivity contribution in [3.05, 3.63) is 70.4 Å². The Morgan fingerprint density at radius 3 is 2.50 bits per heavy atom. The van der Waals surface area contributed by atoms with E-state index in [1.54, 1.807) is 19.3 Å². The minimum Gasteiger partial charge on any atom is -0.341 e. The van der Waals surface area contributed by atoms with Crippen LogP contribution >= 0.6 is 0 Å². The molecule has 2 aromatic heterocycles. The highest BCUT2D eigenvalue weighted by atomic mass is 16.1.